The molecule has 4 aliphatic rings. The summed E-state index contributed by atoms with van der Waals surface area (Å²) in [6.45, 7) is 14.1. The summed E-state index contributed by atoms with van der Waals surface area (Å²) in [6.07, 6.45) is 4.96. The molecule has 0 aromatic heterocycles. The third kappa shape index (κ3) is 7.41. The Morgan fingerprint density at radius 3 is 2.28 bits per heavy atom. The number of Topliss-reactive ketones (excluding diaryl/α,β-unsaturated/α-hetero) is 1. The number of nitrogens with zero attached hydrogens (tertiary/aromatic N) is 2. The molecule has 15 heteroatoms. The van der Waals surface area contributed by atoms with Crippen LogP contribution in [-0.2, 0) is 23.8 Å². The van der Waals surface area contributed by atoms with Gasteiger partial charge in [0.15, 0.2) is 5.75 Å². The molecule has 4 bridgehead atoms. The van der Waals surface area contributed by atoms with Crippen LogP contribution in [0.25, 0.3) is 10.8 Å². The number of phenols is 2. The number of carbonyl (C=O) groups excluding carboxylic acids is 3. The van der Waals surface area contributed by atoms with Crippen molar-refractivity contribution < 1.29 is 53.8 Å². The Kier molecular flexibility index (Phi) is 11.6. The Hall–Kier alpha value is -4.83. The molecule has 15 nitrogen and oxygen atoms in total. The van der Waals surface area contributed by atoms with Crippen molar-refractivity contribution in [1.29, 1.82) is 0 Å². The summed E-state index contributed by atoms with van der Waals surface area (Å²) in [5.74, 6) is -7.05. The van der Waals surface area contributed by atoms with Gasteiger partial charge in [0.2, 0.25) is 0 Å². The minimum absolute atomic E-state index is 0.0461. The predicted molar refractivity (Wildman–Crippen MR) is 209 cm³/mol. The second-order valence-electron chi connectivity index (χ2n) is 16.0. The van der Waals surface area contributed by atoms with Crippen molar-refractivity contribution in [2.45, 2.75) is 104 Å². The highest BCUT2D eigenvalue weighted by Crippen LogP contribution is 2.51. The highest BCUT2D eigenvalue weighted by atomic mass is 16.7. The number of methoxy groups -OCH3 is 1. The number of rotatable bonds is 2. The Bertz CT molecular complexity index is 2190. The SMILES string of the molecule is CO[C@H]1C=CO[C@@]2(C)Oc3c(C)c(O)c4c(O)c(c5c(c4c3C2=O)NC2(CCNCC2)N=5)=NC(=O)C(C)=C/C=C\[C@H](C)[C@H](O)[C@@H](C)[C@@H](O)[C@@H](C)[C@H](OC(C)=O)[C@@H]1C. The highest BCUT2D eigenvalue weighted by Gasteiger charge is 2.50. The number of fused-ring (bicyclic) bond motifs is 1. The van der Waals surface area contributed by atoms with Crippen LogP contribution in [0.1, 0.15) is 77.2 Å². The van der Waals surface area contributed by atoms with Crippen molar-refractivity contribution in [2.24, 2.45) is 33.7 Å². The van der Waals surface area contributed by atoms with E-state index in [1.54, 1.807) is 59.8 Å². The molecule has 2 aromatic rings. The smallest absolute Gasteiger partial charge is 0.312 e. The molecule has 0 saturated carbocycles. The number of allylic oxidation sites excluding steroid dienone is 2. The first-order valence-corrected chi connectivity index (χ1v) is 19.4. The van der Waals surface area contributed by atoms with E-state index in [4.69, 9.17) is 23.9 Å². The van der Waals surface area contributed by atoms with E-state index < -0.39 is 82.9 Å². The number of ether oxygens (including phenoxy) is 4. The molecule has 6 N–H and O–H groups in total. The standard InChI is InChI=1S/C42H54N4O11/c1-19-11-10-12-20(2)40(53)44-32-31-30(45-42(46-31)14-16-43-17-15-42)27-28(36(32)51)35(50)24(6)38-29(27)39(52)41(8,57-38)55-18-13-26(54-9)21(3)37(56-25(7)47)23(5)34(49)22(4)33(19)48/h10-13,18-19,21-23,26,33-34,37,43,45,48-51H,14-17H2,1-9H3/b11-10-,18-13?,20-12?,44-32?/t19-,21+,22+,23+,26-,33-,34+,37+,41-/m0/s1. The van der Waals surface area contributed by atoms with Gasteiger partial charge < -0.3 is 50.0 Å². The maximum absolute atomic E-state index is 14.6. The maximum Gasteiger partial charge on any atom is 0.312 e. The van der Waals surface area contributed by atoms with Gasteiger partial charge in [0.1, 0.15) is 34.0 Å². The first kappa shape index (κ1) is 41.8. The minimum Gasteiger partial charge on any atom is -0.507 e. The lowest BCUT2D eigenvalue weighted by Crippen LogP contribution is -2.46. The molecule has 1 fully saturated rings. The van der Waals surface area contributed by atoms with Crippen LogP contribution in [0.15, 0.2) is 46.1 Å². The van der Waals surface area contributed by atoms with E-state index >= 15 is 0 Å². The summed E-state index contributed by atoms with van der Waals surface area (Å²) in [6, 6.07) is 0. The van der Waals surface area contributed by atoms with Gasteiger partial charge in [-0.05, 0) is 33.0 Å². The van der Waals surface area contributed by atoms with E-state index in [9.17, 15) is 34.8 Å². The van der Waals surface area contributed by atoms with Crippen LogP contribution in [0.5, 0.6) is 17.2 Å². The average molecular weight is 791 g/mol. The summed E-state index contributed by atoms with van der Waals surface area (Å²) in [5, 5.41) is 53.4. The van der Waals surface area contributed by atoms with E-state index in [-0.39, 0.29) is 49.7 Å². The summed E-state index contributed by atoms with van der Waals surface area (Å²) >= 11 is 0. The lowest BCUT2D eigenvalue weighted by atomic mass is 9.78. The van der Waals surface area contributed by atoms with Gasteiger partial charge in [-0.2, -0.15) is 0 Å². The number of benzene rings is 2. The number of carbonyl (C=O) groups is 3. The number of nitrogens with one attached hydrogen (secondary N) is 2. The number of aliphatic hydroxyl groups excluding tert-OH is 2. The molecular weight excluding hydrogens is 736 g/mol. The molecule has 2 aromatic carbocycles. The third-order valence-electron chi connectivity index (χ3n) is 12.0. The molecule has 57 heavy (non-hydrogen) atoms. The third-order valence-corrected chi connectivity index (χ3v) is 12.0. The Balaban J connectivity index is 1.57. The van der Waals surface area contributed by atoms with Crippen LogP contribution in [-0.4, -0.2) is 94.2 Å². The van der Waals surface area contributed by atoms with Crippen molar-refractivity contribution in [3.8, 4) is 17.2 Å². The number of ketones is 1. The van der Waals surface area contributed by atoms with Crippen molar-refractivity contribution in [3.05, 3.63) is 58.0 Å². The predicted octanol–water partition coefficient (Wildman–Crippen LogP) is 3.38. The number of hydrogen-bond acceptors (Lipinski definition) is 14. The van der Waals surface area contributed by atoms with Crippen LogP contribution in [0, 0.1) is 30.6 Å². The molecule has 9 atom stereocenters. The largest absolute Gasteiger partial charge is 0.507 e. The first-order valence-electron chi connectivity index (χ1n) is 19.4. The fraction of sp³-hybridized carbons (Fsp3) is 0.548. The number of aromatic hydroxyl groups is 2. The summed E-state index contributed by atoms with van der Waals surface area (Å²) in [7, 11) is 1.46. The second kappa shape index (κ2) is 15.8. The van der Waals surface area contributed by atoms with Gasteiger partial charge in [0.25, 0.3) is 11.7 Å². The van der Waals surface area contributed by atoms with Crippen molar-refractivity contribution >= 4 is 34.1 Å². The average Bonchev–Trinajstić information content (AvgIpc) is 3.67. The van der Waals surface area contributed by atoms with E-state index in [1.807, 2.05) is 0 Å². The molecule has 0 unspecified atom stereocenters. The van der Waals surface area contributed by atoms with Crippen LogP contribution < -0.4 is 26.1 Å². The Labute approximate surface area is 331 Å². The number of phenolic OH excluding ortho intramolecular Hbond substituents is 2. The van der Waals surface area contributed by atoms with Crippen molar-refractivity contribution in [3.63, 3.8) is 0 Å². The van der Waals surface area contributed by atoms with Crippen molar-refractivity contribution in [1.82, 2.24) is 5.32 Å². The van der Waals surface area contributed by atoms with Gasteiger partial charge in [-0.15, -0.1) is 0 Å². The molecule has 1 spiro atoms. The summed E-state index contributed by atoms with van der Waals surface area (Å²) in [5.41, 5.74) is -0.131. The van der Waals surface area contributed by atoms with Crippen LogP contribution in [0.3, 0.4) is 0 Å². The monoisotopic (exact) mass is 790 g/mol. The molecule has 308 valence electrons. The number of piperidine rings is 1. The first-order chi connectivity index (χ1) is 26.9. The van der Waals surface area contributed by atoms with Gasteiger partial charge in [-0.1, -0.05) is 45.9 Å². The zero-order valence-electron chi connectivity index (χ0n) is 33.9. The zero-order valence-corrected chi connectivity index (χ0v) is 33.9. The fourth-order valence-corrected chi connectivity index (χ4v) is 8.46. The zero-order chi connectivity index (χ0) is 41.7. The molecule has 0 radical (unpaired) electrons. The fourth-order valence-electron chi connectivity index (χ4n) is 8.46. The lowest BCUT2D eigenvalue weighted by Gasteiger charge is -2.38. The van der Waals surface area contributed by atoms with E-state index in [2.05, 4.69) is 15.6 Å². The van der Waals surface area contributed by atoms with Gasteiger partial charge in [-0.3, -0.25) is 19.4 Å². The van der Waals surface area contributed by atoms with Gasteiger partial charge in [0.05, 0.1) is 41.2 Å². The number of aliphatic hydroxyl groups is 2. The van der Waals surface area contributed by atoms with Crippen LogP contribution in [0.2, 0.25) is 0 Å². The van der Waals surface area contributed by atoms with Gasteiger partial charge >= 0.3 is 11.8 Å². The normalized spacial score (nSPS) is 32.2. The second-order valence-corrected chi connectivity index (χ2v) is 16.0. The molecule has 1 saturated heterocycles. The Morgan fingerprint density at radius 2 is 1.63 bits per heavy atom. The molecule has 4 aliphatic heterocycles. The molecule has 4 heterocycles. The maximum atomic E-state index is 14.6. The Morgan fingerprint density at radius 1 is 0.947 bits per heavy atom. The van der Waals surface area contributed by atoms with E-state index in [0.717, 1.165) is 0 Å². The molecular formula is C42H54N4O11. The highest BCUT2D eigenvalue weighted by molar-refractivity contribution is 6.21. The molecule has 1 amide bonds. The minimum atomic E-state index is -1.94. The van der Waals surface area contributed by atoms with Gasteiger partial charge in [0, 0.05) is 74.0 Å². The number of hydrogen-bond donors (Lipinski definition) is 6. The topological polar surface area (TPSA) is 218 Å². The van der Waals surface area contributed by atoms with Crippen LogP contribution in [0.4, 0.5) is 5.69 Å². The van der Waals surface area contributed by atoms with Crippen LogP contribution >= 0.6 is 0 Å². The van der Waals surface area contributed by atoms with Gasteiger partial charge in [-0.25, -0.2) is 4.99 Å². The van der Waals surface area contributed by atoms with E-state index in [0.29, 0.717) is 31.6 Å². The lowest BCUT2D eigenvalue weighted by molar-refractivity contribution is -0.160. The molecule has 0 aliphatic carbocycles. The van der Waals surface area contributed by atoms with Crippen molar-refractivity contribution in [2.75, 3.05) is 25.5 Å². The number of anilines is 1. The summed E-state index contributed by atoms with van der Waals surface area (Å²) in [4.78, 5) is 50.0. The number of esters is 1. The molecule has 6 rings (SSSR count). The van der Waals surface area contributed by atoms with E-state index in [1.165, 1.54) is 33.3 Å². The number of amides is 1. The quantitative estimate of drug-likeness (QED) is 0.190. The summed E-state index contributed by atoms with van der Waals surface area (Å²) < 4.78 is 23.8.